The molecule has 2 aliphatic rings. The van der Waals surface area contributed by atoms with Crippen molar-refractivity contribution in [1.82, 2.24) is 0 Å². The standard InChI is InChI=1S/C19H18O7S.Na/c1-9-13-15(21)16(22)14-10-4-3-7-19(2,8-20)12(10)6-5-11(14)17(13)26-18(9)27(23,24)25;/h5-6,20H,3-4,7-8H2,1-2H3,(H,23,24,25);/q;+1/p-1/t19-;/m1./s1. The smallest absolute Gasteiger partial charge is 0.742 e. The van der Waals surface area contributed by atoms with Crippen molar-refractivity contribution in [3.63, 3.8) is 0 Å². The summed E-state index contributed by atoms with van der Waals surface area (Å²) in [6.07, 6.45) is 2.06. The molecule has 1 N–H and O–H groups in total. The first-order chi connectivity index (χ1) is 12.6. The molecule has 1 aromatic carbocycles. The van der Waals surface area contributed by atoms with Crippen molar-refractivity contribution in [3.8, 4) is 11.3 Å². The van der Waals surface area contributed by atoms with E-state index in [1.165, 1.54) is 6.92 Å². The Balaban J connectivity index is 0.00000225. The van der Waals surface area contributed by atoms with Gasteiger partial charge in [0.15, 0.2) is 10.1 Å². The van der Waals surface area contributed by atoms with Gasteiger partial charge in [-0.3, -0.25) is 9.59 Å². The van der Waals surface area contributed by atoms with E-state index in [9.17, 15) is 27.7 Å². The largest absolute Gasteiger partial charge is 1.00 e. The molecule has 7 nitrogen and oxygen atoms in total. The van der Waals surface area contributed by atoms with E-state index in [0.29, 0.717) is 17.5 Å². The van der Waals surface area contributed by atoms with Crippen molar-refractivity contribution in [1.29, 1.82) is 0 Å². The molecule has 0 spiro atoms. The van der Waals surface area contributed by atoms with Gasteiger partial charge < -0.3 is 14.1 Å². The maximum atomic E-state index is 12.9. The third-order valence-corrected chi connectivity index (χ3v) is 6.55. The number of rotatable bonds is 2. The van der Waals surface area contributed by atoms with Crippen LogP contribution < -0.4 is 29.6 Å². The molecule has 0 saturated carbocycles. The first-order valence-corrected chi connectivity index (χ1v) is 9.97. The van der Waals surface area contributed by atoms with Crippen LogP contribution in [-0.4, -0.2) is 36.3 Å². The Hall–Kier alpha value is -1.29. The van der Waals surface area contributed by atoms with E-state index in [2.05, 4.69) is 0 Å². The van der Waals surface area contributed by atoms with Crippen LogP contribution in [-0.2, 0) is 22.0 Å². The molecule has 142 valence electrons. The summed E-state index contributed by atoms with van der Waals surface area (Å²) in [5, 5.41) is 9.00. The predicted octanol–water partition coefficient (Wildman–Crippen LogP) is -0.872. The van der Waals surface area contributed by atoms with E-state index in [1.807, 2.05) is 6.92 Å². The summed E-state index contributed by atoms with van der Waals surface area (Å²) >= 11 is 0. The van der Waals surface area contributed by atoms with E-state index in [0.717, 1.165) is 18.4 Å². The van der Waals surface area contributed by atoms with Crippen LogP contribution in [0.5, 0.6) is 0 Å². The monoisotopic (exact) mass is 412 g/mol. The zero-order valence-electron chi connectivity index (χ0n) is 15.8. The molecule has 0 fully saturated rings. The molecule has 0 amide bonds. The summed E-state index contributed by atoms with van der Waals surface area (Å²) < 4.78 is 39.7. The second-order valence-corrected chi connectivity index (χ2v) is 8.70. The first-order valence-electron chi connectivity index (χ1n) is 8.56. The van der Waals surface area contributed by atoms with Gasteiger partial charge >= 0.3 is 29.6 Å². The molecule has 0 bridgehead atoms. The quantitative estimate of drug-likeness (QED) is 0.386. The third-order valence-electron chi connectivity index (χ3n) is 5.70. The number of ketones is 2. The molecule has 0 unspecified atom stereocenters. The number of carbonyl (C=O) groups is 2. The number of hydrogen-bond donors (Lipinski definition) is 1. The number of aliphatic hydroxyl groups excluding tert-OH is 1. The van der Waals surface area contributed by atoms with Gasteiger partial charge in [0.1, 0.15) is 5.76 Å². The fourth-order valence-electron chi connectivity index (χ4n) is 4.30. The average molecular weight is 412 g/mol. The minimum Gasteiger partial charge on any atom is -0.742 e. The Bertz CT molecular complexity index is 1130. The van der Waals surface area contributed by atoms with Crippen molar-refractivity contribution < 1.29 is 61.6 Å². The molecule has 2 aromatic rings. The number of furan rings is 1. The van der Waals surface area contributed by atoms with E-state index in [4.69, 9.17) is 4.42 Å². The molecule has 0 aliphatic heterocycles. The molecule has 1 heterocycles. The summed E-state index contributed by atoms with van der Waals surface area (Å²) in [5.41, 5.74) is 1.17. The van der Waals surface area contributed by atoms with Crippen molar-refractivity contribution in [2.24, 2.45) is 0 Å². The van der Waals surface area contributed by atoms with Gasteiger partial charge in [-0.15, -0.1) is 0 Å². The summed E-state index contributed by atoms with van der Waals surface area (Å²) in [6.45, 7) is 3.09. The second-order valence-electron chi connectivity index (χ2n) is 7.42. The van der Waals surface area contributed by atoms with Gasteiger partial charge in [0, 0.05) is 22.1 Å². The molecule has 1 atom stereocenters. The van der Waals surface area contributed by atoms with Crippen molar-refractivity contribution in [2.75, 3.05) is 6.61 Å². The van der Waals surface area contributed by atoms with Gasteiger partial charge in [-0.25, -0.2) is 8.42 Å². The van der Waals surface area contributed by atoms with Crippen LogP contribution in [0, 0.1) is 6.92 Å². The van der Waals surface area contributed by atoms with Gasteiger partial charge in [-0.2, -0.15) is 0 Å². The normalized spacial score (nSPS) is 20.9. The first kappa shape index (κ1) is 21.4. The topological polar surface area (TPSA) is 125 Å². The zero-order chi connectivity index (χ0) is 19.7. The fourth-order valence-corrected chi connectivity index (χ4v) is 4.96. The SMILES string of the molecule is Cc1c(S(=O)(=O)[O-])oc2c1C(=O)C(=O)c1c-2ccc2c1CCC[C@]2(C)CO.[Na+]. The number of benzene rings is 1. The molecule has 2 aliphatic carbocycles. The summed E-state index contributed by atoms with van der Waals surface area (Å²) in [5.74, 6) is -1.67. The summed E-state index contributed by atoms with van der Waals surface area (Å²) in [6, 6.07) is 3.38. The van der Waals surface area contributed by atoms with Crippen LogP contribution in [0.1, 0.15) is 57.2 Å². The molecule has 1 aromatic heterocycles. The van der Waals surface area contributed by atoms with Crippen LogP contribution in [0.25, 0.3) is 11.3 Å². The summed E-state index contributed by atoms with van der Waals surface area (Å²) in [4.78, 5) is 25.6. The minimum absolute atomic E-state index is 0. The van der Waals surface area contributed by atoms with E-state index in [1.54, 1.807) is 12.1 Å². The van der Waals surface area contributed by atoms with Gasteiger partial charge in [-0.05, 0) is 37.3 Å². The second kappa shape index (κ2) is 6.90. The molecule has 9 heteroatoms. The minimum atomic E-state index is -4.92. The zero-order valence-corrected chi connectivity index (χ0v) is 18.6. The number of aliphatic hydroxyl groups is 1. The van der Waals surface area contributed by atoms with Gasteiger partial charge in [0.25, 0.3) is 0 Å². The summed E-state index contributed by atoms with van der Waals surface area (Å²) in [7, 11) is -4.92. The van der Waals surface area contributed by atoms with Gasteiger partial charge in [0.05, 0.1) is 12.2 Å². The van der Waals surface area contributed by atoms with Gasteiger partial charge in [-0.1, -0.05) is 19.1 Å². The molecular formula is C19H17NaO7S. The number of hydrogen-bond acceptors (Lipinski definition) is 7. The van der Waals surface area contributed by atoms with Crippen molar-refractivity contribution in [3.05, 3.63) is 39.9 Å². The van der Waals surface area contributed by atoms with E-state index < -0.39 is 32.2 Å². The maximum absolute atomic E-state index is 12.9. The maximum Gasteiger partial charge on any atom is 1.00 e. The third kappa shape index (κ3) is 2.86. The Morgan fingerprint density at radius 3 is 2.46 bits per heavy atom. The number of carbonyl (C=O) groups excluding carboxylic acids is 2. The van der Waals surface area contributed by atoms with Gasteiger partial charge in [0.2, 0.25) is 16.7 Å². The van der Waals surface area contributed by atoms with Crippen molar-refractivity contribution >= 4 is 21.7 Å². The number of fused-ring (bicyclic) bond motifs is 5. The Morgan fingerprint density at radius 2 is 1.86 bits per heavy atom. The Kier molecular flexibility index (Phi) is 5.28. The predicted molar refractivity (Wildman–Crippen MR) is 92.9 cm³/mol. The van der Waals surface area contributed by atoms with Crippen LogP contribution in [0.3, 0.4) is 0 Å². The average Bonchev–Trinajstić information content (AvgIpc) is 2.97. The van der Waals surface area contributed by atoms with Crippen LogP contribution in [0.15, 0.2) is 21.6 Å². The number of Topliss-reactive ketones (excluding diaryl/α,β-unsaturated/α-hetero) is 2. The van der Waals surface area contributed by atoms with E-state index >= 15 is 0 Å². The molecule has 0 saturated heterocycles. The van der Waals surface area contributed by atoms with Crippen LogP contribution in [0.2, 0.25) is 0 Å². The molecular weight excluding hydrogens is 395 g/mol. The van der Waals surface area contributed by atoms with Crippen LogP contribution >= 0.6 is 0 Å². The van der Waals surface area contributed by atoms with Crippen molar-refractivity contribution in [2.45, 2.75) is 43.6 Å². The Labute approximate surface area is 184 Å². The Morgan fingerprint density at radius 1 is 1.21 bits per heavy atom. The molecule has 4 rings (SSSR count). The molecule has 0 radical (unpaired) electrons. The van der Waals surface area contributed by atoms with E-state index in [-0.39, 0.29) is 58.6 Å². The molecule has 28 heavy (non-hydrogen) atoms. The van der Waals surface area contributed by atoms with Crippen LogP contribution in [0.4, 0.5) is 0 Å². The fraction of sp³-hybridized carbons (Fsp3) is 0.368.